The van der Waals surface area contributed by atoms with Crippen molar-refractivity contribution in [1.29, 1.82) is 0 Å². The van der Waals surface area contributed by atoms with Crippen LogP contribution in [-0.4, -0.2) is 50.7 Å². The van der Waals surface area contributed by atoms with Crippen LogP contribution in [0.1, 0.15) is 29.0 Å². The largest absolute Gasteiger partial charge is 0.497 e. The number of hydrogen-bond acceptors (Lipinski definition) is 4. The maximum absolute atomic E-state index is 13.3. The van der Waals surface area contributed by atoms with E-state index in [1.165, 1.54) is 0 Å². The highest BCUT2D eigenvalue weighted by molar-refractivity contribution is 5.90. The zero-order valence-electron chi connectivity index (χ0n) is 21.7. The Hall–Kier alpha value is -4.00. The molecule has 0 radical (unpaired) electrons. The molecule has 0 bridgehead atoms. The second-order valence-electron chi connectivity index (χ2n) is 9.50. The Balaban J connectivity index is 1.44. The molecule has 194 valence electrons. The van der Waals surface area contributed by atoms with Crippen LogP contribution < -0.4 is 20.1 Å². The van der Waals surface area contributed by atoms with Crippen molar-refractivity contribution >= 4 is 17.6 Å². The minimum Gasteiger partial charge on any atom is -0.497 e. The third kappa shape index (κ3) is 7.03. The molecule has 3 aromatic carbocycles. The first-order chi connectivity index (χ1) is 17.9. The number of methoxy groups -OCH3 is 2. The van der Waals surface area contributed by atoms with Gasteiger partial charge in [-0.3, -0.25) is 4.79 Å². The van der Waals surface area contributed by atoms with Crippen LogP contribution in [0.5, 0.6) is 11.5 Å². The minimum atomic E-state index is -0.300. The Morgan fingerprint density at radius 1 is 0.919 bits per heavy atom. The predicted molar refractivity (Wildman–Crippen MR) is 145 cm³/mol. The number of amides is 3. The fourth-order valence-electron chi connectivity index (χ4n) is 4.79. The molecule has 7 nitrogen and oxygen atoms in total. The number of carbonyl (C=O) groups excluding carboxylic acids is 2. The van der Waals surface area contributed by atoms with Crippen molar-refractivity contribution < 1.29 is 19.1 Å². The van der Waals surface area contributed by atoms with Crippen LogP contribution in [0.25, 0.3) is 0 Å². The molecule has 0 aromatic heterocycles. The van der Waals surface area contributed by atoms with Gasteiger partial charge in [0.05, 0.1) is 20.1 Å². The molecule has 0 saturated carbocycles. The number of nitrogens with zero attached hydrogens (tertiary/aromatic N) is 1. The topological polar surface area (TPSA) is 79.9 Å². The third-order valence-electron chi connectivity index (χ3n) is 6.82. The van der Waals surface area contributed by atoms with Crippen LogP contribution in [0.3, 0.4) is 0 Å². The van der Waals surface area contributed by atoms with Crippen molar-refractivity contribution in [3.05, 3.63) is 89.5 Å². The molecule has 1 saturated heterocycles. The van der Waals surface area contributed by atoms with Crippen LogP contribution in [-0.2, 0) is 11.2 Å². The van der Waals surface area contributed by atoms with Crippen molar-refractivity contribution in [1.82, 2.24) is 10.2 Å². The SMILES string of the molecule is COc1ccc(CCNC(=O)[C@@H]2C[C@H](c3cccc(C)c3)CN(C(=O)Nc3cccc(OC)c3)C2)cc1. The molecular weight excluding hydrogens is 466 g/mol. The summed E-state index contributed by atoms with van der Waals surface area (Å²) >= 11 is 0. The fraction of sp³-hybridized carbons (Fsp3) is 0.333. The van der Waals surface area contributed by atoms with E-state index in [0.29, 0.717) is 37.5 Å². The van der Waals surface area contributed by atoms with E-state index in [1.54, 1.807) is 25.2 Å². The molecule has 37 heavy (non-hydrogen) atoms. The summed E-state index contributed by atoms with van der Waals surface area (Å²) < 4.78 is 10.5. The summed E-state index contributed by atoms with van der Waals surface area (Å²) in [5.41, 5.74) is 4.09. The lowest BCUT2D eigenvalue weighted by Gasteiger charge is -2.37. The highest BCUT2D eigenvalue weighted by atomic mass is 16.5. The van der Waals surface area contributed by atoms with Gasteiger partial charge in [0, 0.05) is 37.3 Å². The van der Waals surface area contributed by atoms with Gasteiger partial charge in [-0.1, -0.05) is 48.0 Å². The van der Waals surface area contributed by atoms with Crippen LogP contribution in [0.4, 0.5) is 10.5 Å². The Bertz CT molecular complexity index is 1210. The van der Waals surface area contributed by atoms with Gasteiger partial charge in [-0.2, -0.15) is 0 Å². The lowest BCUT2D eigenvalue weighted by Crippen LogP contribution is -2.49. The normalized spacial score (nSPS) is 17.1. The molecular formula is C30H35N3O4. The van der Waals surface area contributed by atoms with Gasteiger partial charge in [-0.05, 0) is 55.2 Å². The first kappa shape index (κ1) is 26.1. The molecule has 1 aliphatic rings. The van der Waals surface area contributed by atoms with Gasteiger partial charge in [0.1, 0.15) is 11.5 Å². The smallest absolute Gasteiger partial charge is 0.321 e. The average Bonchev–Trinajstić information content (AvgIpc) is 2.93. The highest BCUT2D eigenvalue weighted by Gasteiger charge is 2.34. The molecule has 0 unspecified atom stereocenters. The molecule has 7 heteroatoms. The molecule has 2 atom stereocenters. The van der Waals surface area contributed by atoms with Gasteiger partial charge in [0.2, 0.25) is 5.91 Å². The highest BCUT2D eigenvalue weighted by Crippen LogP contribution is 2.31. The van der Waals surface area contributed by atoms with Crippen molar-refractivity contribution in [2.75, 3.05) is 39.2 Å². The summed E-state index contributed by atoms with van der Waals surface area (Å²) in [5.74, 6) is 1.23. The zero-order valence-corrected chi connectivity index (χ0v) is 21.7. The Labute approximate surface area is 218 Å². The predicted octanol–water partition coefficient (Wildman–Crippen LogP) is 5.01. The first-order valence-corrected chi connectivity index (χ1v) is 12.6. The number of nitrogens with one attached hydrogen (secondary N) is 2. The van der Waals surface area contributed by atoms with E-state index in [-0.39, 0.29) is 23.8 Å². The summed E-state index contributed by atoms with van der Waals surface area (Å²) in [7, 11) is 3.24. The van der Waals surface area contributed by atoms with E-state index in [9.17, 15) is 9.59 Å². The van der Waals surface area contributed by atoms with Crippen LogP contribution in [0, 0.1) is 12.8 Å². The van der Waals surface area contributed by atoms with Gasteiger partial charge < -0.3 is 25.0 Å². The van der Waals surface area contributed by atoms with Crippen molar-refractivity contribution in [3.63, 3.8) is 0 Å². The Morgan fingerprint density at radius 3 is 2.41 bits per heavy atom. The summed E-state index contributed by atoms with van der Waals surface area (Å²) in [6.07, 6.45) is 1.42. The van der Waals surface area contributed by atoms with Gasteiger partial charge in [-0.15, -0.1) is 0 Å². The molecule has 0 aliphatic carbocycles. The van der Waals surface area contributed by atoms with E-state index in [2.05, 4.69) is 35.8 Å². The van der Waals surface area contributed by atoms with E-state index >= 15 is 0 Å². The number of carbonyl (C=O) groups is 2. The van der Waals surface area contributed by atoms with Gasteiger partial charge in [0.25, 0.3) is 0 Å². The second kappa shape index (κ2) is 12.3. The number of rotatable bonds is 8. The molecule has 3 aromatic rings. The fourth-order valence-corrected chi connectivity index (χ4v) is 4.79. The standard InChI is InChI=1S/C30H35N3O4/c1-21-6-4-7-23(16-21)24-17-25(29(34)31-15-14-22-10-12-27(36-2)13-11-22)20-33(19-24)30(35)32-26-8-5-9-28(18-26)37-3/h4-13,16,18,24-25H,14-15,17,19-20H2,1-3H3,(H,31,34)(H,32,35)/t24-,25+/m0/s1. The van der Waals surface area contributed by atoms with E-state index in [1.807, 2.05) is 48.5 Å². The van der Waals surface area contributed by atoms with Gasteiger partial charge >= 0.3 is 6.03 Å². The third-order valence-corrected chi connectivity index (χ3v) is 6.82. The van der Waals surface area contributed by atoms with Gasteiger partial charge in [-0.25, -0.2) is 4.79 Å². The number of benzene rings is 3. The second-order valence-corrected chi connectivity index (χ2v) is 9.50. The molecule has 2 N–H and O–H groups in total. The number of hydrogen-bond donors (Lipinski definition) is 2. The van der Waals surface area contributed by atoms with E-state index in [4.69, 9.17) is 9.47 Å². The molecule has 3 amide bonds. The van der Waals surface area contributed by atoms with Crippen molar-refractivity contribution in [2.45, 2.75) is 25.7 Å². The zero-order chi connectivity index (χ0) is 26.2. The van der Waals surface area contributed by atoms with Crippen molar-refractivity contribution in [3.8, 4) is 11.5 Å². The van der Waals surface area contributed by atoms with E-state index < -0.39 is 0 Å². The van der Waals surface area contributed by atoms with Crippen LogP contribution >= 0.6 is 0 Å². The maximum Gasteiger partial charge on any atom is 0.321 e. The van der Waals surface area contributed by atoms with Gasteiger partial charge in [0.15, 0.2) is 0 Å². The number of likely N-dealkylation sites (tertiary alicyclic amines) is 1. The number of aryl methyl sites for hydroxylation is 1. The molecule has 1 fully saturated rings. The number of urea groups is 1. The quantitative estimate of drug-likeness (QED) is 0.455. The van der Waals surface area contributed by atoms with Crippen LogP contribution in [0.2, 0.25) is 0 Å². The van der Waals surface area contributed by atoms with Crippen LogP contribution in [0.15, 0.2) is 72.8 Å². The first-order valence-electron chi connectivity index (χ1n) is 12.6. The maximum atomic E-state index is 13.3. The minimum absolute atomic E-state index is 0.0231. The van der Waals surface area contributed by atoms with Crippen molar-refractivity contribution in [2.24, 2.45) is 5.92 Å². The number of anilines is 1. The summed E-state index contributed by atoms with van der Waals surface area (Å²) in [6, 6.07) is 23.2. The Morgan fingerprint density at radius 2 is 1.68 bits per heavy atom. The lowest BCUT2D eigenvalue weighted by atomic mass is 9.83. The summed E-state index contributed by atoms with van der Waals surface area (Å²) in [4.78, 5) is 28.3. The monoisotopic (exact) mass is 501 g/mol. The Kier molecular flexibility index (Phi) is 8.67. The molecule has 1 aliphatic heterocycles. The summed E-state index contributed by atoms with van der Waals surface area (Å²) in [5, 5.41) is 6.06. The number of ether oxygens (including phenoxy) is 2. The molecule has 0 spiro atoms. The molecule has 1 heterocycles. The number of piperidine rings is 1. The lowest BCUT2D eigenvalue weighted by molar-refractivity contribution is -0.126. The van der Waals surface area contributed by atoms with E-state index in [0.717, 1.165) is 28.9 Å². The average molecular weight is 502 g/mol. The molecule has 4 rings (SSSR count). The summed E-state index contributed by atoms with van der Waals surface area (Å²) in [6.45, 7) is 3.51.